The van der Waals surface area contributed by atoms with Crippen molar-refractivity contribution < 1.29 is 9.13 Å². The molecule has 17 heavy (non-hydrogen) atoms. The zero-order valence-electron chi connectivity index (χ0n) is 9.84. The van der Waals surface area contributed by atoms with E-state index in [4.69, 9.17) is 22.1 Å². The van der Waals surface area contributed by atoms with Crippen molar-refractivity contribution in [1.82, 2.24) is 0 Å². The van der Waals surface area contributed by atoms with Crippen molar-refractivity contribution in [2.24, 2.45) is 11.7 Å². The summed E-state index contributed by atoms with van der Waals surface area (Å²) in [6.07, 6.45) is 0.655. The molecule has 1 rings (SSSR count). The number of ether oxygens (including phenoxy) is 1. The molecule has 2 nitrogen and oxygen atoms in total. The summed E-state index contributed by atoms with van der Waals surface area (Å²) in [6, 6.07) is 3.00. The van der Waals surface area contributed by atoms with E-state index < -0.39 is 5.82 Å². The van der Waals surface area contributed by atoms with E-state index >= 15 is 0 Å². The summed E-state index contributed by atoms with van der Waals surface area (Å²) in [5.74, 6) is -0.171. The van der Waals surface area contributed by atoms with Gasteiger partial charge in [-0.3, -0.25) is 0 Å². The Labute approximate surface area is 114 Å². The Balaban J connectivity index is 2.82. The van der Waals surface area contributed by atoms with Gasteiger partial charge in [-0.2, -0.15) is 0 Å². The minimum absolute atomic E-state index is 0.0809. The van der Waals surface area contributed by atoms with Gasteiger partial charge in [0, 0.05) is 29.8 Å². The molecule has 0 saturated carbocycles. The summed E-state index contributed by atoms with van der Waals surface area (Å²) in [4.78, 5) is 0. The number of hydrogen-bond acceptors (Lipinski definition) is 2. The number of methoxy groups -OCH3 is 1. The highest BCUT2D eigenvalue weighted by atomic mass is 79.9. The lowest BCUT2D eigenvalue weighted by molar-refractivity contribution is 0.152. The summed E-state index contributed by atoms with van der Waals surface area (Å²) < 4.78 is 19.4. The maximum absolute atomic E-state index is 13.9. The van der Waals surface area contributed by atoms with Gasteiger partial charge in [0.2, 0.25) is 0 Å². The van der Waals surface area contributed by atoms with E-state index in [1.165, 1.54) is 0 Å². The van der Waals surface area contributed by atoms with Crippen LogP contribution in [0.5, 0.6) is 0 Å². The van der Waals surface area contributed by atoms with E-state index in [2.05, 4.69) is 15.9 Å². The largest absolute Gasteiger partial charge is 0.384 e. The quantitative estimate of drug-likeness (QED) is 0.833. The van der Waals surface area contributed by atoms with Crippen LogP contribution in [0.1, 0.15) is 24.9 Å². The Morgan fingerprint density at radius 2 is 2.18 bits per heavy atom. The lowest BCUT2D eigenvalue weighted by Gasteiger charge is -2.18. The van der Waals surface area contributed by atoms with Gasteiger partial charge < -0.3 is 10.5 Å². The number of rotatable bonds is 5. The third-order valence-corrected chi connectivity index (χ3v) is 3.83. The summed E-state index contributed by atoms with van der Waals surface area (Å²) in [6.45, 7) is 2.63. The molecule has 1 aromatic carbocycles. The van der Waals surface area contributed by atoms with Crippen LogP contribution in [0.25, 0.3) is 0 Å². The Morgan fingerprint density at radius 3 is 2.76 bits per heavy atom. The van der Waals surface area contributed by atoms with E-state index in [1.54, 1.807) is 19.2 Å². The van der Waals surface area contributed by atoms with Crippen molar-refractivity contribution in [2.75, 3.05) is 13.7 Å². The lowest BCUT2D eigenvalue weighted by Crippen LogP contribution is -2.18. The van der Waals surface area contributed by atoms with Crippen molar-refractivity contribution in [3.63, 3.8) is 0 Å². The first-order valence-electron chi connectivity index (χ1n) is 5.35. The van der Waals surface area contributed by atoms with Crippen LogP contribution in [0.15, 0.2) is 16.6 Å². The van der Waals surface area contributed by atoms with Gasteiger partial charge in [-0.15, -0.1) is 0 Å². The van der Waals surface area contributed by atoms with E-state index in [0.29, 0.717) is 23.1 Å². The number of hydrogen-bond donors (Lipinski definition) is 1. The first-order valence-corrected chi connectivity index (χ1v) is 6.52. The van der Waals surface area contributed by atoms with E-state index in [0.717, 1.165) is 0 Å². The van der Waals surface area contributed by atoms with Crippen LogP contribution in [0.3, 0.4) is 0 Å². The van der Waals surface area contributed by atoms with Crippen LogP contribution >= 0.6 is 27.5 Å². The number of halogens is 3. The molecule has 0 amide bonds. The van der Waals surface area contributed by atoms with Crippen molar-refractivity contribution in [2.45, 2.75) is 19.4 Å². The van der Waals surface area contributed by atoms with Gasteiger partial charge in [-0.05, 0) is 34.3 Å². The predicted molar refractivity (Wildman–Crippen MR) is 71.7 cm³/mol. The topological polar surface area (TPSA) is 35.2 Å². The molecule has 0 aromatic heterocycles. The highest BCUT2D eigenvalue weighted by Gasteiger charge is 2.18. The second kappa shape index (κ2) is 6.69. The molecule has 0 spiro atoms. The van der Waals surface area contributed by atoms with Gasteiger partial charge >= 0.3 is 0 Å². The monoisotopic (exact) mass is 323 g/mol. The molecule has 0 radical (unpaired) electrons. The van der Waals surface area contributed by atoms with Crippen LogP contribution < -0.4 is 5.73 Å². The third kappa shape index (κ3) is 3.91. The van der Waals surface area contributed by atoms with Crippen LogP contribution in [0.4, 0.5) is 4.39 Å². The predicted octanol–water partition coefficient (Wildman–Crippen LogP) is 3.91. The molecule has 0 aliphatic carbocycles. The van der Waals surface area contributed by atoms with Crippen LogP contribution in [-0.2, 0) is 4.74 Å². The van der Waals surface area contributed by atoms with Gasteiger partial charge in [-0.25, -0.2) is 4.39 Å². The van der Waals surface area contributed by atoms with Crippen molar-refractivity contribution >= 4 is 27.5 Å². The molecule has 0 bridgehead atoms. The normalized spacial score (nSPS) is 14.7. The summed E-state index contributed by atoms with van der Waals surface area (Å²) >= 11 is 8.99. The Hall–Kier alpha value is -0.160. The zero-order chi connectivity index (χ0) is 13.0. The average Bonchev–Trinajstić information content (AvgIpc) is 2.26. The second-order valence-electron chi connectivity index (χ2n) is 4.17. The fourth-order valence-corrected chi connectivity index (χ4v) is 2.22. The minimum atomic E-state index is -0.446. The van der Waals surface area contributed by atoms with Crippen molar-refractivity contribution in [3.8, 4) is 0 Å². The molecule has 2 N–H and O–H groups in total. The number of benzene rings is 1. The maximum Gasteiger partial charge on any atom is 0.147 e. The molecule has 2 atom stereocenters. The minimum Gasteiger partial charge on any atom is -0.384 e. The van der Waals surface area contributed by atoms with E-state index in [9.17, 15) is 4.39 Å². The van der Waals surface area contributed by atoms with E-state index in [-0.39, 0.29) is 17.0 Å². The van der Waals surface area contributed by atoms with Crippen LogP contribution in [0, 0.1) is 11.7 Å². The van der Waals surface area contributed by atoms with E-state index in [1.807, 2.05) is 6.92 Å². The molecule has 0 aliphatic heterocycles. The van der Waals surface area contributed by atoms with Gasteiger partial charge in [0.1, 0.15) is 5.82 Å². The maximum atomic E-state index is 13.9. The lowest BCUT2D eigenvalue weighted by atomic mass is 9.97. The molecule has 96 valence electrons. The Bertz CT molecular complexity index is 389. The molecular weight excluding hydrogens is 308 g/mol. The molecule has 5 heteroatoms. The first kappa shape index (κ1) is 14.9. The summed E-state index contributed by atoms with van der Waals surface area (Å²) in [5.41, 5.74) is 6.42. The first-order chi connectivity index (χ1) is 7.97. The average molecular weight is 325 g/mol. The highest BCUT2D eigenvalue weighted by molar-refractivity contribution is 9.10. The molecule has 0 saturated heterocycles. The molecular formula is C12H16BrClFNO. The van der Waals surface area contributed by atoms with Gasteiger partial charge in [0.15, 0.2) is 0 Å². The molecule has 0 aliphatic rings. The fraction of sp³-hybridized carbons (Fsp3) is 0.500. The van der Waals surface area contributed by atoms with Gasteiger partial charge in [0.05, 0.1) is 5.02 Å². The summed E-state index contributed by atoms with van der Waals surface area (Å²) in [5, 5.41) is 0.0809. The molecule has 2 unspecified atom stereocenters. The highest BCUT2D eigenvalue weighted by Crippen LogP contribution is 2.31. The van der Waals surface area contributed by atoms with Crippen LogP contribution in [-0.4, -0.2) is 13.7 Å². The SMILES string of the molecule is COCC(C)CC(N)c1ccc(Br)c(Cl)c1F. The van der Waals surface area contributed by atoms with Crippen molar-refractivity contribution in [1.29, 1.82) is 0 Å². The fourth-order valence-electron chi connectivity index (χ4n) is 1.74. The van der Waals surface area contributed by atoms with Crippen molar-refractivity contribution in [3.05, 3.63) is 33.0 Å². The van der Waals surface area contributed by atoms with Gasteiger partial charge in [0.25, 0.3) is 0 Å². The molecule has 1 aromatic rings. The van der Waals surface area contributed by atoms with Gasteiger partial charge in [-0.1, -0.05) is 24.6 Å². The Kier molecular flexibility index (Phi) is 5.86. The second-order valence-corrected chi connectivity index (χ2v) is 5.40. The zero-order valence-corrected chi connectivity index (χ0v) is 12.2. The summed E-state index contributed by atoms with van der Waals surface area (Å²) in [7, 11) is 1.64. The Morgan fingerprint density at radius 1 is 1.53 bits per heavy atom. The van der Waals surface area contributed by atoms with Crippen LogP contribution in [0.2, 0.25) is 5.02 Å². The molecule has 0 heterocycles. The smallest absolute Gasteiger partial charge is 0.147 e. The standard InChI is InChI=1S/C12H16BrClFNO/c1-7(6-17-2)5-10(16)8-3-4-9(13)11(14)12(8)15/h3-4,7,10H,5-6,16H2,1-2H3. The number of nitrogens with two attached hydrogens (primary N) is 1. The third-order valence-electron chi connectivity index (χ3n) is 2.57. The molecule has 0 fully saturated rings.